The van der Waals surface area contributed by atoms with Gasteiger partial charge in [0.1, 0.15) is 0 Å². The fourth-order valence-corrected chi connectivity index (χ4v) is 4.33. The van der Waals surface area contributed by atoms with Crippen LogP contribution in [-0.2, 0) is 0 Å². The van der Waals surface area contributed by atoms with E-state index in [1.54, 1.807) is 22.6 Å². The van der Waals surface area contributed by atoms with E-state index >= 15 is 0 Å². The van der Waals surface area contributed by atoms with Crippen LogP contribution in [0.15, 0.2) is 41.2 Å². The van der Waals surface area contributed by atoms with Crippen LogP contribution in [0.2, 0.25) is 5.02 Å². The van der Waals surface area contributed by atoms with Crippen LogP contribution in [0.4, 0.5) is 0 Å². The molecule has 4 rings (SSSR count). The van der Waals surface area contributed by atoms with E-state index in [1.807, 2.05) is 38.1 Å². The molecule has 4 aromatic rings. The normalized spacial score (nSPS) is 12.1. The van der Waals surface area contributed by atoms with Crippen molar-refractivity contribution in [2.24, 2.45) is 0 Å². The maximum Gasteiger partial charge on any atom is 0.274 e. The number of rotatable bonds is 3. The third-order valence-corrected chi connectivity index (χ3v) is 5.84. The van der Waals surface area contributed by atoms with Crippen molar-refractivity contribution < 1.29 is 9.84 Å². The van der Waals surface area contributed by atoms with Gasteiger partial charge in [0, 0.05) is 5.56 Å². The predicted molar refractivity (Wildman–Crippen MR) is 113 cm³/mol. The lowest BCUT2D eigenvalue weighted by Gasteiger charge is -2.05. The lowest BCUT2D eigenvalue weighted by atomic mass is 10.1. The number of ether oxygens (including phenoxy) is 1. The Bertz CT molecular complexity index is 1310. The molecule has 0 fully saturated rings. The summed E-state index contributed by atoms with van der Waals surface area (Å²) < 4.78 is 7.29. The van der Waals surface area contributed by atoms with E-state index in [2.05, 4.69) is 4.98 Å². The smallest absolute Gasteiger partial charge is 0.274 e. The van der Waals surface area contributed by atoms with Gasteiger partial charge in [-0.1, -0.05) is 52.8 Å². The van der Waals surface area contributed by atoms with Crippen molar-refractivity contribution in [3.05, 3.63) is 73.1 Å². The Hall–Kier alpha value is -2.83. The highest BCUT2D eigenvalue weighted by atomic mass is 35.5. The maximum absolute atomic E-state index is 12.9. The van der Waals surface area contributed by atoms with E-state index < -0.39 is 0 Å². The highest BCUT2D eigenvalue weighted by Gasteiger charge is 2.15. The number of hydrogen-bond acceptors (Lipinski definition) is 5. The van der Waals surface area contributed by atoms with Crippen LogP contribution >= 0.6 is 22.9 Å². The zero-order valence-electron chi connectivity index (χ0n) is 15.5. The molecule has 2 heterocycles. The van der Waals surface area contributed by atoms with Gasteiger partial charge in [0.15, 0.2) is 16.5 Å². The van der Waals surface area contributed by atoms with E-state index in [1.165, 1.54) is 24.0 Å². The zero-order valence-corrected chi connectivity index (χ0v) is 17.1. The Labute approximate surface area is 170 Å². The summed E-state index contributed by atoms with van der Waals surface area (Å²) in [5.74, 6) is 0.133. The van der Waals surface area contributed by atoms with Gasteiger partial charge >= 0.3 is 0 Å². The molecular weight excluding hydrogens is 396 g/mol. The molecule has 0 spiro atoms. The molecule has 7 heteroatoms. The maximum atomic E-state index is 12.9. The molecule has 2 aromatic heterocycles. The third kappa shape index (κ3) is 3.04. The van der Waals surface area contributed by atoms with E-state index in [9.17, 15) is 9.90 Å². The van der Waals surface area contributed by atoms with Crippen molar-refractivity contribution >= 4 is 34.0 Å². The Balaban J connectivity index is 1.86. The minimum absolute atomic E-state index is 0.122. The van der Waals surface area contributed by atoms with Crippen LogP contribution in [0.3, 0.4) is 0 Å². The summed E-state index contributed by atoms with van der Waals surface area (Å²) in [5.41, 5.74) is 4.31. The number of hydrogen-bond donors (Lipinski definition) is 1. The predicted octanol–water partition coefficient (Wildman–Crippen LogP) is 3.96. The van der Waals surface area contributed by atoms with Crippen molar-refractivity contribution in [3.8, 4) is 22.8 Å². The average Bonchev–Trinajstić information content (AvgIpc) is 3.15. The SMILES string of the molecule is COc1cc(/C=c2\sc3nc(-c4ccc(C)cc4)c(C)n3c2=O)cc(Cl)c1O. The molecule has 1 N–H and O–H groups in total. The summed E-state index contributed by atoms with van der Waals surface area (Å²) in [7, 11) is 1.45. The molecule has 0 radical (unpaired) electrons. The van der Waals surface area contributed by atoms with Gasteiger partial charge in [-0.2, -0.15) is 0 Å². The van der Waals surface area contributed by atoms with Gasteiger partial charge in [-0.3, -0.25) is 9.20 Å². The summed E-state index contributed by atoms with van der Waals surface area (Å²) in [6.07, 6.45) is 1.72. The summed E-state index contributed by atoms with van der Waals surface area (Å²) in [6.45, 7) is 3.93. The minimum Gasteiger partial charge on any atom is -0.503 e. The molecule has 0 saturated carbocycles. The van der Waals surface area contributed by atoms with Gasteiger partial charge in [0.25, 0.3) is 5.56 Å². The van der Waals surface area contributed by atoms with Crippen LogP contribution in [-0.4, -0.2) is 21.6 Å². The number of thiazole rings is 1. The van der Waals surface area contributed by atoms with E-state index in [-0.39, 0.29) is 22.1 Å². The lowest BCUT2D eigenvalue weighted by molar-refractivity contribution is 0.373. The number of nitrogens with zero attached hydrogens (tertiary/aromatic N) is 2. The first kappa shape index (κ1) is 18.5. The fraction of sp³-hybridized carbons (Fsp3) is 0.143. The van der Waals surface area contributed by atoms with Gasteiger partial charge in [0.05, 0.1) is 28.1 Å². The van der Waals surface area contributed by atoms with Crippen LogP contribution in [0.1, 0.15) is 16.8 Å². The summed E-state index contributed by atoms with van der Waals surface area (Å²) >= 11 is 7.36. The summed E-state index contributed by atoms with van der Waals surface area (Å²) in [5, 5.41) is 10.0. The third-order valence-electron chi connectivity index (χ3n) is 4.59. The largest absolute Gasteiger partial charge is 0.503 e. The van der Waals surface area contributed by atoms with Crippen molar-refractivity contribution in [1.29, 1.82) is 0 Å². The number of phenolic OH excluding ortho intramolecular Hbond substituents is 1. The molecule has 28 heavy (non-hydrogen) atoms. The Morgan fingerprint density at radius 1 is 1.21 bits per heavy atom. The highest BCUT2D eigenvalue weighted by Crippen LogP contribution is 2.35. The first-order valence-corrected chi connectivity index (χ1v) is 9.75. The molecule has 0 aliphatic rings. The van der Waals surface area contributed by atoms with Crippen LogP contribution in [0, 0.1) is 13.8 Å². The number of methoxy groups -OCH3 is 1. The molecule has 0 aliphatic carbocycles. The molecule has 5 nitrogen and oxygen atoms in total. The molecule has 142 valence electrons. The lowest BCUT2D eigenvalue weighted by Crippen LogP contribution is -2.23. The molecular formula is C21H17ClN2O3S. The second-order valence-corrected chi connectivity index (χ2v) is 7.92. The van der Waals surface area contributed by atoms with Gasteiger partial charge < -0.3 is 9.84 Å². The van der Waals surface area contributed by atoms with Crippen LogP contribution in [0.5, 0.6) is 11.5 Å². The number of aryl methyl sites for hydroxylation is 2. The van der Waals surface area contributed by atoms with Crippen LogP contribution in [0.25, 0.3) is 22.3 Å². The molecule has 0 atom stereocenters. The summed E-state index contributed by atoms with van der Waals surface area (Å²) in [6, 6.07) is 11.3. The second-order valence-electron chi connectivity index (χ2n) is 6.50. The Morgan fingerprint density at radius 3 is 2.57 bits per heavy atom. The van der Waals surface area contributed by atoms with Gasteiger partial charge in [0.2, 0.25) is 0 Å². The van der Waals surface area contributed by atoms with E-state index in [0.717, 1.165) is 17.0 Å². The standard InChI is InChI=1S/C21H17ClN2O3S/c1-11-4-6-14(7-5-11)18-12(2)24-20(26)17(28-21(24)23-18)10-13-8-15(22)19(25)16(9-13)27-3/h4-10,25H,1-3H3/b17-10-. The topological polar surface area (TPSA) is 63.8 Å². The molecule has 0 bridgehead atoms. The van der Waals surface area contributed by atoms with Gasteiger partial charge in [-0.05, 0) is 37.6 Å². The number of aromatic nitrogens is 2. The van der Waals surface area contributed by atoms with Gasteiger partial charge in [-0.15, -0.1) is 0 Å². The van der Waals surface area contributed by atoms with E-state index in [0.29, 0.717) is 15.1 Å². The van der Waals surface area contributed by atoms with Crippen molar-refractivity contribution in [1.82, 2.24) is 9.38 Å². The average molecular weight is 413 g/mol. The first-order chi connectivity index (χ1) is 13.4. The quantitative estimate of drug-likeness (QED) is 0.553. The molecule has 2 aromatic carbocycles. The number of fused-ring (bicyclic) bond motifs is 1. The van der Waals surface area contributed by atoms with Crippen molar-refractivity contribution in [3.63, 3.8) is 0 Å². The zero-order chi connectivity index (χ0) is 20.0. The minimum atomic E-state index is -0.133. The Kier molecular flexibility index (Phi) is 4.61. The number of benzene rings is 2. The molecule has 0 saturated heterocycles. The van der Waals surface area contributed by atoms with E-state index in [4.69, 9.17) is 16.3 Å². The number of phenols is 1. The fourth-order valence-electron chi connectivity index (χ4n) is 3.10. The number of halogens is 1. The monoisotopic (exact) mass is 412 g/mol. The van der Waals surface area contributed by atoms with Gasteiger partial charge in [-0.25, -0.2) is 4.98 Å². The number of imidazole rings is 1. The molecule has 0 unspecified atom stereocenters. The summed E-state index contributed by atoms with van der Waals surface area (Å²) in [4.78, 5) is 18.3. The van der Waals surface area contributed by atoms with Crippen molar-refractivity contribution in [2.75, 3.05) is 7.11 Å². The second kappa shape index (κ2) is 6.96. The van der Waals surface area contributed by atoms with Crippen molar-refractivity contribution in [2.45, 2.75) is 13.8 Å². The molecule has 0 aliphatic heterocycles. The Morgan fingerprint density at radius 2 is 1.93 bits per heavy atom. The van der Waals surface area contributed by atoms with Crippen LogP contribution < -0.4 is 14.8 Å². The first-order valence-electron chi connectivity index (χ1n) is 8.56. The highest BCUT2D eigenvalue weighted by molar-refractivity contribution is 7.15. The molecule has 0 amide bonds. The number of aromatic hydroxyl groups is 1.